The molecule has 0 radical (unpaired) electrons. The van der Waals surface area contributed by atoms with Crippen molar-refractivity contribution in [3.8, 4) is 0 Å². The molecule has 0 amide bonds. The molecule has 3 aromatic heterocycles. The zero-order chi connectivity index (χ0) is 15.1. The van der Waals surface area contributed by atoms with E-state index in [1.807, 2.05) is 6.92 Å². The fourth-order valence-corrected chi connectivity index (χ4v) is 2.86. The number of nitrogens with zero attached hydrogens (tertiary/aromatic N) is 6. The fraction of sp³-hybridized carbons (Fsp3) is 0.533. The highest BCUT2D eigenvalue weighted by Crippen LogP contribution is 2.26. The van der Waals surface area contributed by atoms with Crippen LogP contribution in [-0.2, 0) is 6.54 Å². The summed E-state index contributed by atoms with van der Waals surface area (Å²) in [5.74, 6) is 0.779. The van der Waals surface area contributed by atoms with E-state index in [2.05, 4.69) is 52.5 Å². The summed E-state index contributed by atoms with van der Waals surface area (Å²) in [4.78, 5) is 11.4. The van der Waals surface area contributed by atoms with E-state index in [-0.39, 0.29) is 0 Å². The molecule has 0 unspecified atom stereocenters. The van der Waals surface area contributed by atoms with Crippen LogP contribution in [0.2, 0.25) is 0 Å². The number of hydrogen-bond acceptors (Lipinski definition) is 4. The molecule has 0 aliphatic rings. The highest BCUT2D eigenvalue weighted by atomic mass is 15.3. The van der Waals surface area contributed by atoms with Gasteiger partial charge in [0.2, 0.25) is 0 Å². The molecule has 0 atom stereocenters. The number of hydrogen-bond donors (Lipinski definition) is 0. The highest BCUT2D eigenvalue weighted by molar-refractivity contribution is 5.93. The number of aryl methyl sites for hydroxylation is 3. The normalized spacial score (nSPS) is 12.1. The largest absolute Gasteiger partial charge is 0.329 e. The Morgan fingerprint density at radius 3 is 2.62 bits per heavy atom. The molecule has 0 aliphatic heterocycles. The third-order valence-corrected chi connectivity index (χ3v) is 4.04. The van der Waals surface area contributed by atoms with E-state index < -0.39 is 0 Å². The lowest BCUT2D eigenvalue weighted by Gasteiger charge is -2.11. The number of aromatic nitrogens is 5. The van der Waals surface area contributed by atoms with E-state index in [0.29, 0.717) is 0 Å². The quantitative estimate of drug-likeness (QED) is 0.735. The lowest BCUT2D eigenvalue weighted by atomic mass is 10.2. The van der Waals surface area contributed by atoms with E-state index in [9.17, 15) is 0 Å². The van der Waals surface area contributed by atoms with Crippen LogP contribution in [0.3, 0.4) is 0 Å². The van der Waals surface area contributed by atoms with Gasteiger partial charge >= 0.3 is 0 Å². The Morgan fingerprint density at radius 1 is 1.14 bits per heavy atom. The minimum absolute atomic E-state index is 0.779. The van der Waals surface area contributed by atoms with Crippen molar-refractivity contribution in [2.75, 3.05) is 20.6 Å². The monoisotopic (exact) mass is 286 g/mol. The van der Waals surface area contributed by atoms with Gasteiger partial charge in [-0.3, -0.25) is 0 Å². The number of rotatable bonds is 4. The third kappa shape index (κ3) is 2.29. The van der Waals surface area contributed by atoms with Crippen molar-refractivity contribution in [1.29, 1.82) is 0 Å². The molecular formula is C15H22N6. The molecule has 0 bridgehead atoms. The summed E-state index contributed by atoms with van der Waals surface area (Å²) < 4.78 is 4.08. The highest BCUT2D eigenvalue weighted by Gasteiger charge is 2.16. The van der Waals surface area contributed by atoms with E-state index >= 15 is 0 Å². The van der Waals surface area contributed by atoms with Crippen molar-refractivity contribution in [3.05, 3.63) is 23.4 Å². The van der Waals surface area contributed by atoms with E-state index in [0.717, 1.165) is 42.0 Å². The van der Waals surface area contributed by atoms with Crippen LogP contribution in [0.4, 0.5) is 0 Å². The van der Waals surface area contributed by atoms with Gasteiger partial charge < -0.3 is 9.47 Å². The van der Waals surface area contributed by atoms with Crippen molar-refractivity contribution < 1.29 is 0 Å². The second kappa shape index (κ2) is 5.11. The Balaban J connectivity index is 2.12. The molecule has 0 saturated carbocycles. The summed E-state index contributed by atoms with van der Waals surface area (Å²) in [6, 6.07) is 0. The molecule has 21 heavy (non-hydrogen) atoms. The van der Waals surface area contributed by atoms with Crippen molar-refractivity contribution in [3.63, 3.8) is 0 Å². The smallest absolute Gasteiger partial charge is 0.168 e. The molecule has 0 fully saturated rings. The molecular weight excluding hydrogens is 264 g/mol. The lowest BCUT2D eigenvalue weighted by molar-refractivity contribution is 0.387. The van der Waals surface area contributed by atoms with Gasteiger partial charge in [-0.15, -0.1) is 0 Å². The van der Waals surface area contributed by atoms with Crippen molar-refractivity contribution in [1.82, 2.24) is 29.0 Å². The second-order valence-corrected chi connectivity index (χ2v) is 5.89. The number of fused-ring (bicyclic) bond motifs is 3. The van der Waals surface area contributed by atoms with Crippen LogP contribution in [0.15, 0.2) is 6.33 Å². The SMILES string of the molecule is Cc1nc2c3c(C)c(C)n(CCCN(C)C)c3ncn2n1. The molecule has 3 heterocycles. The zero-order valence-electron chi connectivity index (χ0n) is 13.4. The molecule has 3 rings (SSSR count). The first-order valence-electron chi connectivity index (χ1n) is 7.31. The molecule has 0 aliphatic carbocycles. The molecule has 3 aromatic rings. The van der Waals surface area contributed by atoms with E-state index in [1.165, 1.54) is 11.3 Å². The predicted molar refractivity (Wildman–Crippen MR) is 83.7 cm³/mol. The third-order valence-electron chi connectivity index (χ3n) is 4.04. The minimum atomic E-state index is 0.779. The van der Waals surface area contributed by atoms with Gasteiger partial charge in [0.15, 0.2) is 5.65 Å². The van der Waals surface area contributed by atoms with Crippen molar-refractivity contribution in [2.24, 2.45) is 0 Å². The molecule has 0 spiro atoms. The molecule has 6 nitrogen and oxygen atoms in total. The maximum absolute atomic E-state index is 4.61. The average Bonchev–Trinajstić information content (AvgIpc) is 2.90. The summed E-state index contributed by atoms with van der Waals surface area (Å²) in [6.07, 6.45) is 2.87. The lowest BCUT2D eigenvalue weighted by Crippen LogP contribution is -2.15. The van der Waals surface area contributed by atoms with E-state index in [4.69, 9.17) is 0 Å². The first-order valence-corrected chi connectivity index (χ1v) is 7.31. The van der Waals surface area contributed by atoms with Crippen LogP contribution in [0.25, 0.3) is 16.7 Å². The van der Waals surface area contributed by atoms with Crippen LogP contribution in [-0.4, -0.2) is 49.7 Å². The van der Waals surface area contributed by atoms with Crippen LogP contribution >= 0.6 is 0 Å². The van der Waals surface area contributed by atoms with Gasteiger partial charge in [0, 0.05) is 12.2 Å². The molecule has 0 aromatic carbocycles. The van der Waals surface area contributed by atoms with E-state index in [1.54, 1.807) is 10.8 Å². The van der Waals surface area contributed by atoms with Crippen LogP contribution in [0.1, 0.15) is 23.5 Å². The molecule has 112 valence electrons. The average molecular weight is 286 g/mol. The zero-order valence-corrected chi connectivity index (χ0v) is 13.4. The van der Waals surface area contributed by atoms with Gasteiger partial charge in [0.1, 0.15) is 17.8 Å². The van der Waals surface area contributed by atoms with Gasteiger partial charge in [0.25, 0.3) is 0 Å². The van der Waals surface area contributed by atoms with Crippen molar-refractivity contribution >= 4 is 16.7 Å². The van der Waals surface area contributed by atoms with Gasteiger partial charge in [-0.2, -0.15) is 5.10 Å². The van der Waals surface area contributed by atoms with Gasteiger partial charge in [-0.05, 0) is 53.4 Å². The Bertz CT molecular complexity index is 796. The topological polar surface area (TPSA) is 51.2 Å². The minimum Gasteiger partial charge on any atom is -0.329 e. The Labute approximate surface area is 124 Å². The Morgan fingerprint density at radius 2 is 1.90 bits per heavy atom. The summed E-state index contributed by atoms with van der Waals surface area (Å²) in [5.41, 5.74) is 4.44. The summed E-state index contributed by atoms with van der Waals surface area (Å²) in [6.45, 7) is 8.27. The van der Waals surface area contributed by atoms with Gasteiger partial charge in [0.05, 0.1) is 5.39 Å². The van der Waals surface area contributed by atoms with Gasteiger partial charge in [-0.25, -0.2) is 14.5 Å². The van der Waals surface area contributed by atoms with Crippen LogP contribution in [0, 0.1) is 20.8 Å². The molecule has 0 N–H and O–H groups in total. The standard InChI is InChI=1S/C15H22N6/c1-10-11(2)20(8-6-7-19(4)5)14-13(10)15-17-12(3)18-21(15)9-16-14/h9H,6-8H2,1-5H3. The van der Waals surface area contributed by atoms with Crippen LogP contribution < -0.4 is 0 Å². The summed E-state index contributed by atoms with van der Waals surface area (Å²) >= 11 is 0. The Kier molecular flexibility index (Phi) is 3.41. The van der Waals surface area contributed by atoms with Crippen LogP contribution in [0.5, 0.6) is 0 Å². The summed E-state index contributed by atoms with van der Waals surface area (Å²) in [5, 5.41) is 5.48. The Hall–Kier alpha value is -1.95. The fourth-order valence-electron chi connectivity index (χ4n) is 2.86. The predicted octanol–water partition coefficient (Wildman–Crippen LogP) is 1.96. The maximum atomic E-state index is 4.61. The first-order chi connectivity index (χ1) is 9.99. The molecule has 0 saturated heterocycles. The maximum Gasteiger partial charge on any atom is 0.168 e. The van der Waals surface area contributed by atoms with Crippen molar-refractivity contribution in [2.45, 2.75) is 33.7 Å². The van der Waals surface area contributed by atoms with Gasteiger partial charge in [-0.1, -0.05) is 0 Å². The second-order valence-electron chi connectivity index (χ2n) is 5.89. The summed E-state index contributed by atoms with van der Waals surface area (Å²) in [7, 11) is 4.21. The first kappa shape index (κ1) is 14.0. The molecule has 6 heteroatoms.